The standard InChI is InChI=1S/C11H19F3N2O/c1-8(17)10-4-3-9(15-10)5-6-16(2)7-11(12,13)14/h9-10,15H,3-7H2,1-2H3. The Labute approximate surface area is 99.4 Å². The predicted molar refractivity (Wildman–Crippen MR) is 58.8 cm³/mol. The van der Waals surface area contributed by atoms with E-state index in [0.29, 0.717) is 13.0 Å². The molecule has 1 aliphatic heterocycles. The number of nitrogens with zero attached hydrogens (tertiary/aromatic N) is 1. The van der Waals surface area contributed by atoms with Gasteiger partial charge in [-0.1, -0.05) is 0 Å². The number of carbonyl (C=O) groups excluding carboxylic acids is 1. The van der Waals surface area contributed by atoms with Gasteiger partial charge in [-0.15, -0.1) is 0 Å². The van der Waals surface area contributed by atoms with Gasteiger partial charge < -0.3 is 5.32 Å². The van der Waals surface area contributed by atoms with Gasteiger partial charge in [0.2, 0.25) is 0 Å². The summed E-state index contributed by atoms with van der Waals surface area (Å²) in [6.45, 7) is 1.05. The van der Waals surface area contributed by atoms with E-state index in [4.69, 9.17) is 0 Å². The van der Waals surface area contributed by atoms with Crippen LogP contribution in [0.1, 0.15) is 26.2 Å². The molecule has 0 saturated carbocycles. The van der Waals surface area contributed by atoms with Crippen molar-refractivity contribution in [1.29, 1.82) is 0 Å². The Balaban J connectivity index is 2.21. The fourth-order valence-electron chi connectivity index (χ4n) is 2.13. The van der Waals surface area contributed by atoms with Crippen LogP contribution in [0.2, 0.25) is 0 Å². The van der Waals surface area contributed by atoms with Gasteiger partial charge in [0.25, 0.3) is 0 Å². The summed E-state index contributed by atoms with van der Waals surface area (Å²) in [5, 5.41) is 3.15. The van der Waals surface area contributed by atoms with E-state index in [1.165, 1.54) is 18.9 Å². The molecular formula is C11H19F3N2O. The van der Waals surface area contributed by atoms with Gasteiger partial charge in [-0.25, -0.2) is 0 Å². The Morgan fingerprint density at radius 1 is 1.41 bits per heavy atom. The second kappa shape index (κ2) is 5.82. The molecule has 0 radical (unpaired) electrons. The molecule has 0 aromatic heterocycles. The smallest absolute Gasteiger partial charge is 0.305 e. The van der Waals surface area contributed by atoms with E-state index in [9.17, 15) is 18.0 Å². The molecule has 1 saturated heterocycles. The zero-order chi connectivity index (χ0) is 13.1. The maximum atomic E-state index is 12.1. The summed E-state index contributed by atoms with van der Waals surface area (Å²) < 4.78 is 36.2. The number of nitrogens with one attached hydrogen (secondary N) is 1. The van der Waals surface area contributed by atoms with Crippen LogP contribution in [0, 0.1) is 0 Å². The summed E-state index contributed by atoms with van der Waals surface area (Å²) in [7, 11) is 1.46. The van der Waals surface area contributed by atoms with Crippen LogP contribution in [0.3, 0.4) is 0 Å². The quantitative estimate of drug-likeness (QED) is 0.806. The number of carbonyl (C=O) groups is 1. The van der Waals surface area contributed by atoms with E-state index < -0.39 is 12.7 Å². The summed E-state index contributed by atoms with van der Waals surface area (Å²) in [5.74, 6) is 0.108. The number of rotatable bonds is 5. The van der Waals surface area contributed by atoms with Gasteiger partial charge in [0.05, 0.1) is 12.6 Å². The lowest BCUT2D eigenvalue weighted by molar-refractivity contribution is -0.143. The zero-order valence-electron chi connectivity index (χ0n) is 10.2. The van der Waals surface area contributed by atoms with Gasteiger partial charge in [0.15, 0.2) is 0 Å². The summed E-state index contributed by atoms with van der Waals surface area (Å²) >= 11 is 0. The summed E-state index contributed by atoms with van der Waals surface area (Å²) in [4.78, 5) is 12.4. The van der Waals surface area contributed by atoms with Crippen molar-refractivity contribution in [2.24, 2.45) is 0 Å². The van der Waals surface area contributed by atoms with Crippen molar-refractivity contribution in [3.05, 3.63) is 0 Å². The Morgan fingerprint density at radius 3 is 2.53 bits per heavy atom. The van der Waals surface area contributed by atoms with Crippen molar-refractivity contribution in [1.82, 2.24) is 10.2 Å². The first-order valence-electron chi connectivity index (χ1n) is 5.80. The highest BCUT2D eigenvalue weighted by molar-refractivity contribution is 5.81. The summed E-state index contributed by atoms with van der Waals surface area (Å²) in [5.41, 5.74) is 0. The van der Waals surface area contributed by atoms with E-state index in [0.717, 1.165) is 12.8 Å². The first-order chi connectivity index (χ1) is 7.78. The van der Waals surface area contributed by atoms with E-state index in [1.54, 1.807) is 0 Å². The van der Waals surface area contributed by atoms with Crippen LogP contribution in [-0.4, -0.2) is 49.1 Å². The van der Waals surface area contributed by atoms with Crippen LogP contribution < -0.4 is 5.32 Å². The minimum Gasteiger partial charge on any atom is -0.305 e. The van der Waals surface area contributed by atoms with E-state index in [2.05, 4.69) is 5.32 Å². The van der Waals surface area contributed by atoms with Crippen LogP contribution in [0.5, 0.6) is 0 Å². The normalized spacial score (nSPS) is 25.5. The van der Waals surface area contributed by atoms with Gasteiger partial charge in [0.1, 0.15) is 5.78 Å². The molecule has 0 aromatic carbocycles. The fraction of sp³-hybridized carbons (Fsp3) is 0.909. The number of hydrogen-bond acceptors (Lipinski definition) is 3. The fourth-order valence-corrected chi connectivity index (χ4v) is 2.13. The molecule has 0 amide bonds. The number of halogens is 3. The molecule has 0 spiro atoms. The SMILES string of the molecule is CC(=O)C1CCC(CCN(C)CC(F)(F)F)N1. The van der Waals surface area contributed by atoms with Crippen LogP contribution >= 0.6 is 0 Å². The Kier molecular flexibility index (Phi) is 4.94. The highest BCUT2D eigenvalue weighted by atomic mass is 19.4. The van der Waals surface area contributed by atoms with Gasteiger partial charge in [-0.05, 0) is 39.8 Å². The van der Waals surface area contributed by atoms with Crippen molar-refractivity contribution in [3.8, 4) is 0 Å². The van der Waals surface area contributed by atoms with Crippen molar-refractivity contribution in [2.45, 2.75) is 44.4 Å². The third-order valence-corrected chi connectivity index (χ3v) is 3.04. The molecule has 6 heteroatoms. The molecule has 2 atom stereocenters. The number of alkyl halides is 3. The summed E-state index contributed by atoms with van der Waals surface area (Å²) in [6, 6.07) is 0.0625. The first kappa shape index (κ1) is 14.4. The molecule has 100 valence electrons. The molecule has 0 aromatic rings. The lowest BCUT2D eigenvalue weighted by atomic mass is 10.1. The maximum absolute atomic E-state index is 12.1. The first-order valence-corrected chi connectivity index (χ1v) is 5.80. The van der Waals surface area contributed by atoms with E-state index >= 15 is 0 Å². The molecule has 1 N–H and O–H groups in total. The molecule has 0 bridgehead atoms. The minimum absolute atomic E-state index is 0.104. The Morgan fingerprint density at radius 2 is 2.06 bits per heavy atom. The topological polar surface area (TPSA) is 32.3 Å². The Hall–Kier alpha value is -0.620. The summed E-state index contributed by atoms with van der Waals surface area (Å²) in [6.07, 6.45) is -1.83. The van der Waals surface area contributed by atoms with Crippen LogP contribution in [0.15, 0.2) is 0 Å². The maximum Gasteiger partial charge on any atom is 0.401 e. The zero-order valence-corrected chi connectivity index (χ0v) is 10.2. The van der Waals surface area contributed by atoms with Gasteiger partial charge in [-0.3, -0.25) is 9.69 Å². The lowest BCUT2D eigenvalue weighted by Gasteiger charge is -2.20. The molecule has 1 rings (SSSR count). The third kappa shape index (κ3) is 5.50. The monoisotopic (exact) mass is 252 g/mol. The number of ketones is 1. The van der Waals surface area contributed by atoms with Crippen molar-refractivity contribution in [2.75, 3.05) is 20.1 Å². The third-order valence-electron chi connectivity index (χ3n) is 3.04. The highest BCUT2D eigenvalue weighted by Crippen LogP contribution is 2.18. The molecule has 3 nitrogen and oxygen atoms in total. The molecule has 0 aliphatic carbocycles. The van der Waals surface area contributed by atoms with Crippen LogP contribution in [-0.2, 0) is 4.79 Å². The number of hydrogen-bond donors (Lipinski definition) is 1. The molecule has 17 heavy (non-hydrogen) atoms. The second-order valence-corrected chi connectivity index (χ2v) is 4.75. The minimum atomic E-state index is -4.14. The average molecular weight is 252 g/mol. The molecule has 2 unspecified atom stereocenters. The van der Waals surface area contributed by atoms with Gasteiger partial charge in [-0.2, -0.15) is 13.2 Å². The number of Topliss-reactive ketones (excluding diaryl/α,β-unsaturated/α-hetero) is 1. The molecule has 1 heterocycles. The Bertz CT molecular complexity index is 268. The largest absolute Gasteiger partial charge is 0.401 e. The van der Waals surface area contributed by atoms with E-state index in [1.807, 2.05) is 0 Å². The molecule has 1 fully saturated rings. The van der Waals surface area contributed by atoms with Crippen LogP contribution in [0.4, 0.5) is 13.2 Å². The predicted octanol–water partition coefficient (Wildman–Crippen LogP) is 1.58. The van der Waals surface area contributed by atoms with Gasteiger partial charge in [0, 0.05) is 6.04 Å². The average Bonchev–Trinajstić information content (AvgIpc) is 2.60. The van der Waals surface area contributed by atoms with Crippen molar-refractivity contribution < 1.29 is 18.0 Å². The van der Waals surface area contributed by atoms with Gasteiger partial charge >= 0.3 is 6.18 Å². The molecule has 1 aliphatic rings. The van der Waals surface area contributed by atoms with Crippen LogP contribution in [0.25, 0.3) is 0 Å². The lowest BCUT2D eigenvalue weighted by Crippen LogP contribution is -2.37. The molecular weight excluding hydrogens is 233 g/mol. The second-order valence-electron chi connectivity index (χ2n) is 4.75. The van der Waals surface area contributed by atoms with E-state index in [-0.39, 0.29) is 17.9 Å². The van der Waals surface area contributed by atoms with Crippen molar-refractivity contribution in [3.63, 3.8) is 0 Å². The van der Waals surface area contributed by atoms with Crippen molar-refractivity contribution >= 4 is 5.78 Å². The highest BCUT2D eigenvalue weighted by Gasteiger charge is 2.30.